The number of aryl methyl sites for hydroxylation is 1. The maximum Gasteiger partial charge on any atom is 0.340 e. The smallest absolute Gasteiger partial charge is 0.340 e. The van der Waals surface area contributed by atoms with Crippen LogP contribution in [0.3, 0.4) is 0 Å². The molecule has 0 aliphatic carbocycles. The fraction of sp³-hybridized carbons (Fsp3) is 0.350. The van der Waals surface area contributed by atoms with Gasteiger partial charge in [0, 0.05) is 38.8 Å². The van der Waals surface area contributed by atoms with Gasteiger partial charge in [-0.1, -0.05) is 29.8 Å². The van der Waals surface area contributed by atoms with Gasteiger partial charge in [-0.2, -0.15) is 0 Å². The van der Waals surface area contributed by atoms with Crippen molar-refractivity contribution in [2.24, 2.45) is 0 Å². The molecule has 0 radical (unpaired) electrons. The Labute approximate surface area is 173 Å². The minimum Gasteiger partial charge on any atom is -0.465 e. The van der Waals surface area contributed by atoms with E-state index in [1.807, 2.05) is 19.1 Å². The van der Waals surface area contributed by atoms with E-state index in [2.05, 4.69) is 17.0 Å². The van der Waals surface area contributed by atoms with Crippen molar-refractivity contribution in [3.05, 3.63) is 73.3 Å². The number of carbonyl (C=O) groups excluding carboxylic acids is 1. The molecule has 10 nitrogen and oxygen atoms in total. The largest absolute Gasteiger partial charge is 0.465 e. The molecule has 158 valence electrons. The number of non-ortho nitro benzene ring substituents is 1. The lowest BCUT2D eigenvalue weighted by atomic mass is 10.1. The molecule has 1 heterocycles. The van der Waals surface area contributed by atoms with Crippen LogP contribution in [0.4, 0.5) is 17.1 Å². The van der Waals surface area contributed by atoms with Gasteiger partial charge < -0.3 is 9.64 Å². The second-order valence-corrected chi connectivity index (χ2v) is 7.12. The van der Waals surface area contributed by atoms with E-state index in [4.69, 9.17) is 4.74 Å². The Morgan fingerprint density at radius 3 is 2.33 bits per heavy atom. The first kappa shape index (κ1) is 21.2. The number of carbonyl (C=O) groups is 1. The first-order valence-corrected chi connectivity index (χ1v) is 9.38. The predicted octanol–water partition coefficient (Wildman–Crippen LogP) is 2.92. The van der Waals surface area contributed by atoms with Crippen molar-refractivity contribution in [2.45, 2.75) is 13.5 Å². The zero-order valence-electron chi connectivity index (χ0n) is 16.7. The lowest BCUT2D eigenvalue weighted by Crippen LogP contribution is -2.46. The second-order valence-electron chi connectivity index (χ2n) is 7.12. The van der Waals surface area contributed by atoms with E-state index >= 15 is 0 Å². The van der Waals surface area contributed by atoms with Gasteiger partial charge in [-0.15, -0.1) is 0 Å². The van der Waals surface area contributed by atoms with Gasteiger partial charge >= 0.3 is 5.97 Å². The van der Waals surface area contributed by atoms with Crippen LogP contribution in [0.5, 0.6) is 0 Å². The Balaban J connectivity index is 1.87. The normalized spacial score (nSPS) is 14.4. The maximum atomic E-state index is 12.3. The van der Waals surface area contributed by atoms with Crippen molar-refractivity contribution in [1.82, 2.24) is 4.90 Å². The minimum absolute atomic E-state index is 0.0626. The van der Waals surface area contributed by atoms with E-state index in [1.165, 1.54) is 11.1 Å². The molecule has 1 aliphatic heterocycles. The standard InChI is InChI=1S/C20H22N4O6/c1-14-4-3-5-15(10-14)13-21-6-8-22(9-7-21)19-17(20(25)30-2)11-16(23(26)27)12-18(19)24(28)29/h3-5,10-12H,6-9,13H2,1-2H3. The highest BCUT2D eigenvalue weighted by atomic mass is 16.6. The van der Waals surface area contributed by atoms with E-state index in [1.54, 1.807) is 4.90 Å². The van der Waals surface area contributed by atoms with Gasteiger partial charge in [0.15, 0.2) is 0 Å². The van der Waals surface area contributed by atoms with E-state index in [9.17, 15) is 25.0 Å². The minimum atomic E-state index is -0.848. The first-order chi connectivity index (χ1) is 14.3. The zero-order valence-corrected chi connectivity index (χ0v) is 16.7. The molecule has 0 atom stereocenters. The number of anilines is 1. The van der Waals surface area contributed by atoms with Gasteiger partial charge in [0.25, 0.3) is 11.4 Å². The number of nitro groups is 2. The summed E-state index contributed by atoms with van der Waals surface area (Å²) < 4.78 is 4.73. The van der Waals surface area contributed by atoms with Crippen molar-refractivity contribution in [1.29, 1.82) is 0 Å². The first-order valence-electron chi connectivity index (χ1n) is 9.38. The zero-order chi connectivity index (χ0) is 21.8. The lowest BCUT2D eigenvalue weighted by molar-refractivity contribution is -0.393. The molecule has 0 amide bonds. The van der Waals surface area contributed by atoms with E-state index in [-0.39, 0.29) is 11.3 Å². The van der Waals surface area contributed by atoms with Gasteiger partial charge in [-0.05, 0) is 12.5 Å². The third-order valence-electron chi connectivity index (χ3n) is 5.06. The van der Waals surface area contributed by atoms with Crippen molar-refractivity contribution in [2.75, 3.05) is 38.2 Å². The van der Waals surface area contributed by atoms with Crippen molar-refractivity contribution < 1.29 is 19.4 Å². The fourth-order valence-corrected chi connectivity index (χ4v) is 3.65. The molecular weight excluding hydrogens is 392 g/mol. The number of esters is 1. The van der Waals surface area contributed by atoms with Gasteiger partial charge in [0.1, 0.15) is 5.69 Å². The summed E-state index contributed by atoms with van der Waals surface area (Å²) in [4.78, 5) is 37.6. The van der Waals surface area contributed by atoms with Gasteiger partial charge in [0.2, 0.25) is 0 Å². The summed E-state index contributed by atoms with van der Waals surface area (Å²) in [5.41, 5.74) is 1.24. The van der Waals surface area contributed by atoms with Crippen molar-refractivity contribution in [3.63, 3.8) is 0 Å². The molecule has 1 saturated heterocycles. The van der Waals surface area contributed by atoms with E-state index in [0.29, 0.717) is 26.2 Å². The highest BCUT2D eigenvalue weighted by molar-refractivity contribution is 5.99. The molecule has 2 aromatic carbocycles. The van der Waals surface area contributed by atoms with Crippen LogP contribution in [0.25, 0.3) is 0 Å². The van der Waals surface area contributed by atoms with Crippen LogP contribution in [0, 0.1) is 27.2 Å². The summed E-state index contributed by atoms with van der Waals surface area (Å²) in [6, 6.07) is 10.1. The molecule has 1 fully saturated rings. The van der Waals surface area contributed by atoms with E-state index in [0.717, 1.165) is 25.8 Å². The Hall–Kier alpha value is -3.53. The van der Waals surface area contributed by atoms with Crippen LogP contribution >= 0.6 is 0 Å². The highest BCUT2D eigenvalue weighted by Crippen LogP contribution is 2.37. The van der Waals surface area contributed by atoms with Crippen LogP contribution in [0.1, 0.15) is 21.5 Å². The van der Waals surface area contributed by atoms with Gasteiger partial charge in [-0.25, -0.2) is 4.79 Å². The third kappa shape index (κ3) is 4.54. The lowest BCUT2D eigenvalue weighted by Gasteiger charge is -2.36. The van der Waals surface area contributed by atoms with Gasteiger partial charge in [-0.3, -0.25) is 25.1 Å². The number of nitro benzene ring substituents is 2. The molecular formula is C20H22N4O6. The fourth-order valence-electron chi connectivity index (χ4n) is 3.65. The monoisotopic (exact) mass is 414 g/mol. The van der Waals surface area contributed by atoms with Crippen LogP contribution < -0.4 is 4.90 Å². The number of hydrogen-bond acceptors (Lipinski definition) is 8. The van der Waals surface area contributed by atoms with Gasteiger partial charge in [0.05, 0.1) is 28.6 Å². The molecule has 3 rings (SSSR count). The number of piperazine rings is 1. The van der Waals surface area contributed by atoms with Crippen molar-refractivity contribution >= 4 is 23.0 Å². The molecule has 0 bridgehead atoms. The maximum absolute atomic E-state index is 12.3. The number of rotatable bonds is 6. The number of methoxy groups -OCH3 is 1. The third-order valence-corrected chi connectivity index (χ3v) is 5.06. The van der Waals surface area contributed by atoms with Crippen LogP contribution in [-0.4, -0.2) is 54.0 Å². The number of benzene rings is 2. The molecule has 10 heteroatoms. The Bertz CT molecular complexity index is 985. The summed E-state index contributed by atoms with van der Waals surface area (Å²) in [5, 5.41) is 22.8. The van der Waals surface area contributed by atoms with Crippen LogP contribution in [0.2, 0.25) is 0 Å². The predicted molar refractivity (Wildman–Crippen MR) is 110 cm³/mol. The van der Waals surface area contributed by atoms with Crippen LogP contribution in [0.15, 0.2) is 36.4 Å². The summed E-state index contributed by atoms with van der Waals surface area (Å²) in [5.74, 6) is -0.848. The Morgan fingerprint density at radius 2 is 1.77 bits per heavy atom. The van der Waals surface area contributed by atoms with Crippen LogP contribution in [-0.2, 0) is 11.3 Å². The summed E-state index contributed by atoms with van der Waals surface area (Å²) in [7, 11) is 1.14. The molecule has 0 N–H and O–H groups in total. The number of nitrogens with zero attached hydrogens (tertiary/aromatic N) is 4. The average molecular weight is 414 g/mol. The number of hydrogen-bond donors (Lipinski definition) is 0. The molecule has 2 aromatic rings. The average Bonchev–Trinajstić information content (AvgIpc) is 2.72. The van der Waals surface area contributed by atoms with Crippen molar-refractivity contribution in [3.8, 4) is 0 Å². The summed E-state index contributed by atoms with van der Waals surface area (Å²) >= 11 is 0. The Kier molecular flexibility index (Phi) is 6.26. The quantitative estimate of drug-likeness (QED) is 0.402. The molecule has 1 aliphatic rings. The Morgan fingerprint density at radius 1 is 1.07 bits per heavy atom. The number of ether oxygens (including phenoxy) is 1. The highest BCUT2D eigenvalue weighted by Gasteiger charge is 2.32. The molecule has 0 saturated carbocycles. The summed E-state index contributed by atoms with van der Waals surface area (Å²) in [6.45, 7) is 4.92. The summed E-state index contributed by atoms with van der Waals surface area (Å²) in [6.07, 6.45) is 0. The SMILES string of the molecule is COC(=O)c1cc([N+](=O)[O-])cc([N+](=O)[O-])c1N1CCN(Cc2cccc(C)c2)CC1. The van der Waals surface area contributed by atoms with E-state index < -0.39 is 27.2 Å². The second kappa shape index (κ2) is 8.87. The molecule has 0 unspecified atom stereocenters. The topological polar surface area (TPSA) is 119 Å². The molecule has 0 aromatic heterocycles. The molecule has 0 spiro atoms. The molecule has 30 heavy (non-hydrogen) atoms.